The van der Waals surface area contributed by atoms with Crippen LogP contribution in [0.5, 0.6) is 5.75 Å². The molecule has 1 saturated heterocycles. The summed E-state index contributed by atoms with van der Waals surface area (Å²) < 4.78 is 6.73. The summed E-state index contributed by atoms with van der Waals surface area (Å²) in [7, 11) is 1.77. The smallest absolute Gasteiger partial charge is 0.123 e. The molecular formula is C15H21BrN2O. The van der Waals surface area contributed by atoms with Gasteiger partial charge in [0.1, 0.15) is 5.75 Å². The second-order valence-electron chi connectivity index (χ2n) is 5.45. The maximum atomic E-state index is 5.59. The minimum Gasteiger partial charge on any atom is -0.496 e. The van der Waals surface area contributed by atoms with Crippen LogP contribution < -0.4 is 10.1 Å². The van der Waals surface area contributed by atoms with Crippen LogP contribution in [0.15, 0.2) is 22.7 Å². The SMILES string of the molecule is COc1ccc(Br)cc1[C@@H](C1CC1)N1CCNCC1. The normalized spacial score (nSPS) is 22.2. The van der Waals surface area contributed by atoms with E-state index in [1.54, 1.807) is 7.11 Å². The van der Waals surface area contributed by atoms with Gasteiger partial charge in [0.15, 0.2) is 0 Å². The minimum atomic E-state index is 0.523. The van der Waals surface area contributed by atoms with Gasteiger partial charge in [0, 0.05) is 42.3 Å². The number of piperazine rings is 1. The fourth-order valence-corrected chi connectivity index (χ4v) is 3.44. The lowest BCUT2D eigenvalue weighted by Crippen LogP contribution is -2.45. The largest absolute Gasteiger partial charge is 0.496 e. The van der Waals surface area contributed by atoms with Crippen molar-refractivity contribution in [3.63, 3.8) is 0 Å². The number of nitrogens with one attached hydrogen (secondary N) is 1. The predicted molar refractivity (Wildman–Crippen MR) is 80.6 cm³/mol. The number of ether oxygens (including phenoxy) is 1. The van der Waals surface area contributed by atoms with Gasteiger partial charge in [-0.05, 0) is 37.0 Å². The van der Waals surface area contributed by atoms with E-state index in [2.05, 4.69) is 44.3 Å². The molecule has 0 amide bonds. The zero-order chi connectivity index (χ0) is 13.2. The summed E-state index contributed by atoms with van der Waals surface area (Å²) in [5.74, 6) is 1.83. The first kappa shape index (κ1) is 13.4. The summed E-state index contributed by atoms with van der Waals surface area (Å²) in [6.07, 6.45) is 2.70. The molecule has 104 valence electrons. The highest BCUT2D eigenvalue weighted by atomic mass is 79.9. The lowest BCUT2D eigenvalue weighted by Gasteiger charge is -2.36. The number of hydrogen-bond donors (Lipinski definition) is 1. The number of rotatable bonds is 4. The Morgan fingerprint density at radius 2 is 2.05 bits per heavy atom. The molecule has 0 radical (unpaired) electrons. The van der Waals surface area contributed by atoms with Crippen LogP contribution in [0, 0.1) is 5.92 Å². The second kappa shape index (κ2) is 5.81. The Labute approximate surface area is 123 Å². The number of hydrogen-bond acceptors (Lipinski definition) is 3. The molecule has 1 N–H and O–H groups in total. The van der Waals surface area contributed by atoms with Crippen molar-refractivity contribution < 1.29 is 4.74 Å². The van der Waals surface area contributed by atoms with Crippen LogP contribution in [0.3, 0.4) is 0 Å². The van der Waals surface area contributed by atoms with Crippen molar-refractivity contribution in [2.45, 2.75) is 18.9 Å². The maximum Gasteiger partial charge on any atom is 0.123 e. The van der Waals surface area contributed by atoms with Crippen LogP contribution in [0.4, 0.5) is 0 Å². The van der Waals surface area contributed by atoms with Crippen LogP contribution in [0.25, 0.3) is 0 Å². The van der Waals surface area contributed by atoms with Crippen molar-refractivity contribution in [3.05, 3.63) is 28.2 Å². The Hall–Kier alpha value is -0.580. The summed E-state index contributed by atoms with van der Waals surface area (Å²) in [4.78, 5) is 2.62. The number of halogens is 1. The van der Waals surface area contributed by atoms with Gasteiger partial charge in [-0.1, -0.05) is 15.9 Å². The molecule has 0 unspecified atom stereocenters. The Morgan fingerprint density at radius 1 is 1.32 bits per heavy atom. The summed E-state index contributed by atoms with van der Waals surface area (Å²) in [5.41, 5.74) is 1.35. The van der Waals surface area contributed by atoms with Gasteiger partial charge in [-0.3, -0.25) is 4.90 Å². The molecule has 1 atom stereocenters. The van der Waals surface area contributed by atoms with E-state index in [4.69, 9.17) is 4.74 Å². The van der Waals surface area contributed by atoms with E-state index in [0.29, 0.717) is 6.04 Å². The van der Waals surface area contributed by atoms with E-state index in [1.165, 1.54) is 18.4 Å². The third kappa shape index (κ3) is 2.96. The van der Waals surface area contributed by atoms with Gasteiger partial charge in [0.25, 0.3) is 0 Å². The molecule has 3 nitrogen and oxygen atoms in total. The molecule has 19 heavy (non-hydrogen) atoms. The standard InChI is InChI=1S/C15H21BrN2O/c1-19-14-5-4-12(16)10-13(14)15(11-2-3-11)18-8-6-17-7-9-18/h4-5,10-11,15,17H,2-3,6-9H2,1H3/t15-/m1/s1. The molecule has 2 fully saturated rings. The van der Waals surface area contributed by atoms with E-state index >= 15 is 0 Å². The molecule has 1 aliphatic carbocycles. The molecule has 0 bridgehead atoms. The second-order valence-corrected chi connectivity index (χ2v) is 6.37. The zero-order valence-corrected chi connectivity index (χ0v) is 12.9. The van der Waals surface area contributed by atoms with Gasteiger partial charge < -0.3 is 10.1 Å². The van der Waals surface area contributed by atoms with Crippen LogP contribution >= 0.6 is 15.9 Å². The summed E-state index contributed by atoms with van der Waals surface area (Å²) in [6, 6.07) is 6.90. The molecule has 4 heteroatoms. The van der Waals surface area contributed by atoms with E-state index in [1.807, 2.05) is 0 Å². The van der Waals surface area contributed by atoms with Gasteiger partial charge in [0.2, 0.25) is 0 Å². The predicted octanol–water partition coefficient (Wildman–Crippen LogP) is 2.81. The highest BCUT2D eigenvalue weighted by Crippen LogP contribution is 2.47. The molecule has 1 aromatic carbocycles. The maximum absolute atomic E-state index is 5.59. The third-order valence-corrected chi connectivity index (χ3v) is 4.62. The van der Waals surface area contributed by atoms with Gasteiger partial charge in [0.05, 0.1) is 7.11 Å². The van der Waals surface area contributed by atoms with E-state index in [-0.39, 0.29) is 0 Å². The quantitative estimate of drug-likeness (QED) is 0.921. The van der Waals surface area contributed by atoms with Crippen LogP contribution in [0.1, 0.15) is 24.4 Å². The van der Waals surface area contributed by atoms with Crippen molar-refractivity contribution >= 4 is 15.9 Å². The first-order chi connectivity index (χ1) is 9.29. The van der Waals surface area contributed by atoms with Crippen molar-refractivity contribution in [1.82, 2.24) is 10.2 Å². The average Bonchev–Trinajstić information content (AvgIpc) is 3.25. The monoisotopic (exact) mass is 324 g/mol. The number of benzene rings is 1. The van der Waals surface area contributed by atoms with Crippen molar-refractivity contribution in [2.24, 2.45) is 5.92 Å². The minimum absolute atomic E-state index is 0.523. The average molecular weight is 325 g/mol. The van der Waals surface area contributed by atoms with Crippen LogP contribution in [-0.4, -0.2) is 38.2 Å². The zero-order valence-electron chi connectivity index (χ0n) is 11.4. The Balaban J connectivity index is 1.92. The third-order valence-electron chi connectivity index (χ3n) is 4.12. The highest BCUT2D eigenvalue weighted by molar-refractivity contribution is 9.10. The highest BCUT2D eigenvalue weighted by Gasteiger charge is 2.38. The van der Waals surface area contributed by atoms with E-state index in [9.17, 15) is 0 Å². The number of methoxy groups -OCH3 is 1. The fourth-order valence-electron chi connectivity index (χ4n) is 3.06. The molecular weight excluding hydrogens is 304 g/mol. The first-order valence-corrected chi connectivity index (χ1v) is 7.87. The van der Waals surface area contributed by atoms with Gasteiger partial charge in [-0.2, -0.15) is 0 Å². The summed E-state index contributed by atoms with van der Waals surface area (Å²) in [6.45, 7) is 4.47. The van der Waals surface area contributed by atoms with Crippen molar-refractivity contribution in [3.8, 4) is 5.75 Å². The Bertz CT molecular complexity index is 442. The molecule has 2 aliphatic rings. The fraction of sp³-hybridized carbons (Fsp3) is 0.600. The van der Waals surface area contributed by atoms with Gasteiger partial charge >= 0.3 is 0 Å². The Kier molecular flexibility index (Phi) is 4.10. The summed E-state index contributed by atoms with van der Waals surface area (Å²) in [5, 5.41) is 3.44. The van der Waals surface area contributed by atoms with E-state index in [0.717, 1.165) is 42.3 Å². The van der Waals surface area contributed by atoms with Crippen molar-refractivity contribution in [2.75, 3.05) is 33.3 Å². The van der Waals surface area contributed by atoms with E-state index < -0.39 is 0 Å². The molecule has 3 rings (SSSR count). The lowest BCUT2D eigenvalue weighted by atomic mass is 9.98. The van der Waals surface area contributed by atoms with Gasteiger partial charge in [-0.25, -0.2) is 0 Å². The topological polar surface area (TPSA) is 24.5 Å². The molecule has 1 aromatic rings. The molecule has 1 saturated carbocycles. The lowest BCUT2D eigenvalue weighted by molar-refractivity contribution is 0.153. The molecule has 0 aromatic heterocycles. The van der Waals surface area contributed by atoms with Crippen molar-refractivity contribution in [1.29, 1.82) is 0 Å². The van der Waals surface area contributed by atoms with Crippen LogP contribution in [-0.2, 0) is 0 Å². The van der Waals surface area contributed by atoms with Gasteiger partial charge in [-0.15, -0.1) is 0 Å². The summed E-state index contributed by atoms with van der Waals surface area (Å²) >= 11 is 3.60. The van der Waals surface area contributed by atoms with Crippen LogP contribution in [0.2, 0.25) is 0 Å². The first-order valence-electron chi connectivity index (χ1n) is 7.08. The molecule has 0 spiro atoms. The number of nitrogens with zero attached hydrogens (tertiary/aromatic N) is 1. The Morgan fingerprint density at radius 3 is 2.68 bits per heavy atom. The molecule has 1 heterocycles. The molecule has 1 aliphatic heterocycles.